The summed E-state index contributed by atoms with van der Waals surface area (Å²) in [5.41, 5.74) is 2.72. The first-order chi connectivity index (χ1) is 35.5. The molecule has 424 valence electrons. The van der Waals surface area contributed by atoms with Gasteiger partial charge < -0.3 is 24.8 Å². The van der Waals surface area contributed by atoms with Crippen LogP contribution in [0.5, 0.6) is 0 Å². The van der Waals surface area contributed by atoms with Gasteiger partial charge in [0.2, 0.25) is 0 Å². The average molecular weight is 1050 g/mol. The molecule has 8 fully saturated rings. The Hall–Kier alpha value is -2.49. The summed E-state index contributed by atoms with van der Waals surface area (Å²) in [5, 5.41) is 38.5. The lowest BCUT2D eigenvalue weighted by Gasteiger charge is -2.71. The monoisotopic (exact) mass is 1050 g/mol. The van der Waals surface area contributed by atoms with Crippen molar-refractivity contribution < 1.29 is 34.4 Å². The van der Waals surface area contributed by atoms with E-state index in [9.17, 15) is 24.9 Å². The van der Waals surface area contributed by atoms with E-state index < -0.39 is 23.0 Å². The van der Waals surface area contributed by atoms with Crippen molar-refractivity contribution in [3.05, 3.63) is 41.3 Å². The van der Waals surface area contributed by atoms with Crippen LogP contribution in [0.4, 0.5) is 0 Å². The van der Waals surface area contributed by atoms with E-state index in [2.05, 4.69) is 109 Å². The van der Waals surface area contributed by atoms with E-state index in [1.807, 2.05) is 17.1 Å². The average Bonchev–Trinajstić information content (AvgIpc) is 3.93. The number of carbonyl (C=O) groups is 2. The molecule has 10 aliphatic rings. The molecule has 21 atom stereocenters. The molecule has 0 aliphatic heterocycles. The minimum absolute atomic E-state index is 0.0128. The Morgan fingerprint density at radius 1 is 0.605 bits per heavy atom. The van der Waals surface area contributed by atoms with Gasteiger partial charge in [-0.1, -0.05) is 120 Å². The van der Waals surface area contributed by atoms with Gasteiger partial charge in [-0.15, -0.1) is 0 Å². The third-order valence-electron chi connectivity index (χ3n) is 28.5. The van der Waals surface area contributed by atoms with Crippen LogP contribution in [0.1, 0.15) is 218 Å². The number of nitrogens with zero attached hydrogens (tertiary/aromatic N) is 2. The normalized spacial score (nSPS) is 50.8. The van der Waals surface area contributed by atoms with Crippen molar-refractivity contribution in [3.8, 4) is 0 Å². The lowest BCUT2D eigenvalue weighted by atomic mass is 9.33. The van der Waals surface area contributed by atoms with Crippen molar-refractivity contribution >= 4 is 11.9 Å². The summed E-state index contributed by atoms with van der Waals surface area (Å²) >= 11 is 0. The van der Waals surface area contributed by atoms with Crippen LogP contribution in [0.2, 0.25) is 0 Å². The number of aromatic nitrogens is 2. The predicted octanol–water partition coefficient (Wildman–Crippen LogP) is 13.9. The summed E-state index contributed by atoms with van der Waals surface area (Å²) in [6.07, 6.45) is 24.8. The van der Waals surface area contributed by atoms with E-state index in [-0.39, 0.29) is 79.8 Å². The zero-order valence-corrected chi connectivity index (χ0v) is 50.0. The van der Waals surface area contributed by atoms with E-state index in [1.54, 1.807) is 5.57 Å². The number of hydrogen-bond donors (Lipinski definition) is 3. The standard InChI is InChI=1S/C67H104N2O7/c1-40-20-28-66(32-30-62(11)45(53(66)42(40)3)16-18-50-60(9)25-24-52(71)58(5,6)48(60)22-26-64(50,62)13)56(73)75-35-15-34-69-38-44(37-68-69)39-76-57(74)67-29-21-41(2)43(4)54(67)46-17-19-51-61(10)36-47(70)55(72)59(7,8)49(61)23-27-65(51,14)63(46,12)31-33-67/h16-17,37-38,40-43,47-55,70-72H,15,18-36,39H2,1-14H3/t40-,41-,42+,43+,47+,48+,49+,50-,51-,52+,53+,54-,55+,60+,61+,62-,63-,64-,65+,66+,67+/m1/s1. The molecule has 11 rings (SSSR count). The fraction of sp³-hybridized carbons (Fsp3) is 0.866. The van der Waals surface area contributed by atoms with Gasteiger partial charge in [0.15, 0.2) is 0 Å². The molecule has 0 spiro atoms. The number of aryl methyl sites for hydroxylation is 1. The highest BCUT2D eigenvalue weighted by atomic mass is 16.5. The van der Waals surface area contributed by atoms with Gasteiger partial charge in [0.1, 0.15) is 6.61 Å². The lowest BCUT2D eigenvalue weighted by molar-refractivity contribution is -0.232. The molecular formula is C67H104N2O7. The number of hydrogen-bond acceptors (Lipinski definition) is 8. The lowest BCUT2D eigenvalue weighted by Crippen LogP contribution is -2.67. The molecule has 0 unspecified atom stereocenters. The van der Waals surface area contributed by atoms with Crippen LogP contribution in [0.15, 0.2) is 35.7 Å². The number of rotatable bonds is 8. The molecule has 1 aromatic rings. The van der Waals surface area contributed by atoms with Gasteiger partial charge in [-0.25, -0.2) is 0 Å². The molecule has 10 aliphatic carbocycles. The Bertz CT molecular complexity index is 2510. The minimum Gasteiger partial charge on any atom is -0.465 e. The second-order valence-electron chi connectivity index (χ2n) is 31.7. The summed E-state index contributed by atoms with van der Waals surface area (Å²) < 4.78 is 14.8. The number of esters is 2. The van der Waals surface area contributed by atoms with Crippen LogP contribution in [-0.4, -0.2) is 62.0 Å². The molecule has 9 nitrogen and oxygen atoms in total. The zero-order chi connectivity index (χ0) is 54.8. The highest BCUT2D eigenvalue weighted by Gasteiger charge is 2.72. The van der Waals surface area contributed by atoms with E-state index in [4.69, 9.17) is 14.6 Å². The van der Waals surface area contributed by atoms with E-state index in [0.717, 1.165) is 95.5 Å². The first-order valence-corrected chi connectivity index (χ1v) is 31.3. The topological polar surface area (TPSA) is 131 Å². The SMILES string of the molecule is C[C@H]1[C@H](C)CC[C@]2(C(=O)OCCCn3cc(COC(=O)[C@]45CC[C@@H](C)[C@H](C)[C@@H]4C4=CC[C@@H]6[C@@]7(C)C[C@H](O)[C@H](O)C(C)(C)[C@@H]7CC[C@]6(C)[C@]4(C)CC5)cn3)CC[C@]3(C)C(=CC[C@@H]4[C@@]5(C)CC[C@H](O)C(C)(C)[C@@H]5CC[C@]43C)[C@H]12. The highest BCUT2D eigenvalue weighted by Crippen LogP contribution is 2.78. The first-order valence-electron chi connectivity index (χ1n) is 31.3. The summed E-state index contributed by atoms with van der Waals surface area (Å²) in [7, 11) is 0. The number of fused-ring (bicyclic) bond motifs is 14. The Morgan fingerprint density at radius 3 is 1.67 bits per heavy atom. The molecule has 76 heavy (non-hydrogen) atoms. The maximum Gasteiger partial charge on any atom is 0.313 e. The molecule has 1 aromatic heterocycles. The molecule has 0 saturated heterocycles. The van der Waals surface area contributed by atoms with Crippen molar-refractivity contribution in [2.45, 2.75) is 244 Å². The van der Waals surface area contributed by atoms with Crippen LogP contribution < -0.4 is 0 Å². The number of aliphatic hydroxyl groups excluding tert-OH is 3. The zero-order valence-electron chi connectivity index (χ0n) is 50.0. The van der Waals surface area contributed by atoms with Crippen molar-refractivity contribution in [1.82, 2.24) is 9.78 Å². The van der Waals surface area contributed by atoms with Crippen molar-refractivity contribution in [2.24, 2.45) is 113 Å². The first kappa shape index (κ1) is 55.4. The van der Waals surface area contributed by atoms with Crippen LogP contribution in [0.25, 0.3) is 0 Å². The maximum absolute atomic E-state index is 14.9. The summed E-state index contributed by atoms with van der Waals surface area (Å²) in [6, 6.07) is 0. The van der Waals surface area contributed by atoms with Gasteiger partial charge in [-0.05, 0) is 212 Å². The quantitative estimate of drug-likeness (QED) is 0.133. The number of allylic oxidation sites excluding steroid dienone is 4. The summed E-state index contributed by atoms with van der Waals surface area (Å²) in [5.74, 6) is 3.92. The summed E-state index contributed by atoms with van der Waals surface area (Å²) in [6.45, 7) is 35.1. The van der Waals surface area contributed by atoms with Crippen LogP contribution in [-0.2, 0) is 32.2 Å². The van der Waals surface area contributed by atoms with Crippen LogP contribution >= 0.6 is 0 Å². The van der Waals surface area contributed by atoms with Gasteiger partial charge in [0.05, 0.1) is 41.9 Å². The fourth-order valence-electron chi connectivity index (χ4n) is 23.2. The predicted molar refractivity (Wildman–Crippen MR) is 299 cm³/mol. The van der Waals surface area contributed by atoms with Crippen molar-refractivity contribution in [1.29, 1.82) is 0 Å². The van der Waals surface area contributed by atoms with Crippen molar-refractivity contribution in [2.75, 3.05) is 6.61 Å². The number of aliphatic hydroxyl groups is 3. The van der Waals surface area contributed by atoms with Crippen molar-refractivity contribution in [3.63, 3.8) is 0 Å². The van der Waals surface area contributed by atoms with E-state index in [0.29, 0.717) is 73.3 Å². The van der Waals surface area contributed by atoms with E-state index in [1.165, 1.54) is 18.4 Å². The molecule has 0 radical (unpaired) electrons. The smallest absolute Gasteiger partial charge is 0.313 e. The Morgan fingerprint density at radius 2 is 1.12 bits per heavy atom. The molecule has 0 bridgehead atoms. The second kappa shape index (κ2) is 18.3. The molecule has 1 heterocycles. The fourth-order valence-corrected chi connectivity index (χ4v) is 23.2. The molecule has 0 amide bonds. The molecule has 8 saturated carbocycles. The van der Waals surface area contributed by atoms with Gasteiger partial charge in [0.25, 0.3) is 0 Å². The highest BCUT2D eigenvalue weighted by molar-refractivity contribution is 5.79. The van der Waals surface area contributed by atoms with Crippen LogP contribution in [0, 0.1) is 113 Å². The molecule has 3 N–H and O–H groups in total. The second-order valence-corrected chi connectivity index (χ2v) is 31.7. The number of ether oxygens (including phenoxy) is 2. The maximum atomic E-state index is 14.9. The molecule has 0 aromatic carbocycles. The minimum atomic E-state index is -0.715. The third-order valence-corrected chi connectivity index (χ3v) is 28.5. The van der Waals surface area contributed by atoms with Crippen LogP contribution in [0.3, 0.4) is 0 Å². The largest absolute Gasteiger partial charge is 0.465 e. The number of carbonyl (C=O) groups excluding carboxylic acids is 2. The van der Waals surface area contributed by atoms with Gasteiger partial charge in [-0.3, -0.25) is 14.3 Å². The molecule has 9 heteroatoms. The van der Waals surface area contributed by atoms with Gasteiger partial charge >= 0.3 is 11.9 Å². The third kappa shape index (κ3) is 7.38. The Balaban J connectivity index is 0.742. The van der Waals surface area contributed by atoms with E-state index >= 15 is 0 Å². The Labute approximate surface area is 459 Å². The Kier molecular flexibility index (Phi) is 13.3. The van der Waals surface area contributed by atoms with Gasteiger partial charge in [0, 0.05) is 24.7 Å². The van der Waals surface area contributed by atoms with Gasteiger partial charge in [-0.2, -0.15) is 5.10 Å². The molecular weight excluding hydrogens is 945 g/mol. The summed E-state index contributed by atoms with van der Waals surface area (Å²) in [4.78, 5) is 29.8.